The van der Waals surface area contributed by atoms with Crippen LogP contribution >= 0.6 is 11.8 Å². The van der Waals surface area contributed by atoms with Crippen LogP contribution in [0.4, 0.5) is 11.4 Å². The van der Waals surface area contributed by atoms with Crippen LogP contribution in [0.5, 0.6) is 0 Å². The zero-order valence-electron chi connectivity index (χ0n) is 7.53. The van der Waals surface area contributed by atoms with E-state index in [0.29, 0.717) is 5.88 Å². The zero-order chi connectivity index (χ0) is 11.4. The Labute approximate surface area is 89.4 Å². The van der Waals surface area contributed by atoms with E-state index in [-0.39, 0.29) is 5.69 Å². The highest BCUT2D eigenvalue weighted by Gasteiger charge is 2.19. The van der Waals surface area contributed by atoms with Gasteiger partial charge in [-0.25, -0.2) is 5.84 Å². The molecule has 0 aromatic heterocycles. The molecule has 78 valence electrons. The molecule has 1 aliphatic rings. The second-order valence-electron chi connectivity index (χ2n) is 2.65. The number of hydrogen-bond acceptors (Lipinski definition) is 7. The number of nitro groups is 1. The van der Waals surface area contributed by atoms with Crippen LogP contribution in [0.2, 0.25) is 0 Å². The quantitative estimate of drug-likeness (QED) is 0.331. The molecule has 1 aliphatic heterocycles. The van der Waals surface area contributed by atoms with Gasteiger partial charge in [-0.2, -0.15) is 0 Å². The molecule has 0 atom stereocenters. The monoisotopic (exact) mass is 225 g/mol. The SMILES string of the molecule is N#N.NN1CSc2ccc([N+](=O)[O-])cc21. The number of thioether (sulfide) groups is 1. The molecule has 0 radical (unpaired) electrons. The minimum Gasteiger partial charge on any atom is -0.299 e. The fourth-order valence-corrected chi connectivity index (χ4v) is 2.08. The molecule has 0 aliphatic carbocycles. The van der Waals surface area contributed by atoms with Gasteiger partial charge >= 0.3 is 0 Å². The smallest absolute Gasteiger partial charge is 0.271 e. The zero-order valence-corrected chi connectivity index (χ0v) is 8.35. The van der Waals surface area contributed by atoms with Gasteiger partial charge in [-0.1, -0.05) is 0 Å². The van der Waals surface area contributed by atoms with Crippen LogP contribution in [0.3, 0.4) is 0 Å². The van der Waals surface area contributed by atoms with Crippen molar-refractivity contribution in [2.75, 3.05) is 10.9 Å². The molecular weight excluding hydrogens is 218 g/mol. The van der Waals surface area contributed by atoms with Crippen LogP contribution in [0.15, 0.2) is 23.1 Å². The molecule has 0 bridgehead atoms. The van der Waals surface area contributed by atoms with E-state index < -0.39 is 4.92 Å². The Morgan fingerprint density at radius 3 is 2.80 bits per heavy atom. The van der Waals surface area contributed by atoms with Gasteiger partial charge in [0, 0.05) is 27.8 Å². The minimum atomic E-state index is -0.420. The summed E-state index contributed by atoms with van der Waals surface area (Å²) in [6.45, 7) is 0. The third-order valence-electron chi connectivity index (χ3n) is 1.82. The van der Waals surface area contributed by atoms with Crippen LogP contribution in [0, 0.1) is 20.9 Å². The number of nitro benzene ring substituents is 1. The summed E-state index contributed by atoms with van der Waals surface area (Å²) >= 11 is 1.57. The molecule has 1 aromatic carbocycles. The summed E-state index contributed by atoms with van der Waals surface area (Å²) < 4.78 is 0. The van der Waals surface area contributed by atoms with Gasteiger partial charge in [-0.3, -0.25) is 15.1 Å². The van der Waals surface area contributed by atoms with Gasteiger partial charge < -0.3 is 0 Å². The van der Waals surface area contributed by atoms with Gasteiger partial charge in [0.2, 0.25) is 0 Å². The van der Waals surface area contributed by atoms with Gasteiger partial charge in [0.05, 0.1) is 16.5 Å². The number of anilines is 1. The molecule has 2 rings (SSSR count). The minimum absolute atomic E-state index is 0.0803. The number of nitrogens with zero attached hydrogens (tertiary/aromatic N) is 4. The first-order valence-electron chi connectivity index (χ1n) is 3.82. The van der Waals surface area contributed by atoms with Crippen molar-refractivity contribution in [3.05, 3.63) is 28.3 Å². The summed E-state index contributed by atoms with van der Waals surface area (Å²) in [7, 11) is 0. The summed E-state index contributed by atoms with van der Waals surface area (Å²) in [4.78, 5) is 11.0. The topological polar surface area (TPSA) is 120 Å². The molecule has 0 saturated heterocycles. The van der Waals surface area contributed by atoms with Crippen molar-refractivity contribution in [2.45, 2.75) is 4.90 Å². The maximum atomic E-state index is 10.4. The number of hydrazine groups is 1. The van der Waals surface area contributed by atoms with Crippen molar-refractivity contribution in [1.29, 1.82) is 10.8 Å². The average molecular weight is 225 g/mol. The van der Waals surface area contributed by atoms with Crippen molar-refractivity contribution in [1.82, 2.24) is 0 Å². The number of non-ortho nitro benzene ring substituents is 1. The van der Waals surface area contributed by atoms with E-state index in [1.807, 2.05) is 0 Å². The van der Waals surface area contributed by atoms with Gasteiger partial charge in [0.25, 0.3) is 5.69 Å². The van der Waals surface area contributed by atoms with Crippen molar-refractivity contribution >= 4 is 23.1 Å². The largest absolute Gasteiger partial charge is 0.299 e. The highest BCUT2D eigenvalue weighted by Crippen LogP contribution is 2.38. The summed E-state index contributed by atoms with van der Waals surface area (Å²) in [5, 5.41) is 24.0. The fraction of sp³-hybridized carbons (Fsp3) is 0.143. The Balaban J connectivity index is 0.000000531. The molecule has 15 heavy (non-hydrogen) atoms. The highest BCUT2D eigenvalue weighted by molar-refractivity contribution is 7.99. The van der Waals surface area contributed by atoms with Crippen LogP contribution in [0.1, 0.15) is 0 Å². The first kappa shape index (κ1) is 11.2. The number of hydrogen-bond donors (Lipinski definition) is 1. The maximum Gasteiger partial charge on any atom is 0.271 e. The third-order valence-corrected chi connectivity index (χ3v) is 2.89. The molecule has 2 N–H and O–H groups in total. The van der Waals surface area contributed by atoms with Crippen LogP contribution in [-0.4, -0.2) is 10.8 Å². The molecule has 1 heterocycles. The van der Waals surface area contributed by atoms with Crippen LogP contribution < -0.4 is 10.9 Å². The Morgan fingerprint density at radius 2 is 2.20 bits per heavy atom. The normalized spacial score (nSPS) is 12.6. The van der Waals surface area contributed by atoms with Gasteiger partial charge in [-0.15, -0.1) is 11.8 Å². The van der Waals surface area contributed by atoms with Crippen molar-refractivity contribution in [3.63, 3.8) is 0 Å². The average Bonchev–Trinajstić information content (AvgIpc) is 2.63. The first-order valence-corrected chi connectivity index (χ1v) is 4.80. The first-order chi connectivity index (χ1) is 7.18. The Hall–Kier alpha value is -1.85. The Morgan fingerprint density at radius 1 is 1.53 bits per heavy atom. The number of benzene rings is 1. The Kier molecular flexibility index (Phi) is 3.43. The predicted octanol–water partition coefficient (Wildman–Crippen LogP) is 1.37. The van der Waals surface area contributed by atoms with E-state index in [4.69, 9.17) is 16.6 Å². The van der Waals surface area contributed by atoms with Crippen LogP contribution in [-0.2, 0) is 0 Å². The lowest BCUT2D eigenvalue weighted by molar-refractivity contribution is -0.384. The standard InChI is InChI=1S/C7H7N3O2S.N2/c8-9-4-13-7-2-1-5(10(11)12)3-6(7)9;1-2/h1-3H,4,8H2;. The lowest BCUT2D eigenvalue weighted by atomic mass is 10.3. The van der Waals surface area contributed by atoms with E-state index in [1.54, 1.807) is 17.8 Å². The van der Waals surface area contributed by atoms with Crippen LogP contribution in [0.25, 0.3) is 0 Å². The van der Waals surface area contributed by atoms with E-state index >= 15 is 0 Å². The predicted molar refractivity (Wildman–Crippen MR) is 53.9 cm³/mol. The maximum absolute atomic E-state index is 10.4. The number of rotatable bonds is 1. The lowest BCUT2D eigenvalue weighted by Crippen LogP contribution is -2.26. The second-order valence-corrected chi connectivity index (χ2v) is 3.64. The summed E-state index contributed by atoms with van der Waals surface area (Å²) in [5.41, 5.74) is 0.816. The molecule has 0 saturated carbocycles. The summed E-state index contributed by atoms with van der Waals surface area (Å²) in [6.07, 6.45) is 0. The number of fused-ring (bicyclic) bond motifs is 1. The van der Waals surface area contributed by atoms with Gasteiger partial charge in [0.15, 0.2) is 0 Å². The van der Waals surface area contributed by atoms with Crippen molar-refractivity contribution in [2.24, 2.45) is 5.84 Å². The van der Waals surface area contributed by atoms with E-state index in [0.717, 1.165) is 10.6 Å². The summed E-state index contributed by atoms with van der Waals surface area (Å²) in [6, 6.07) is 4.71. The molecule has 0 fully saturated rings. The van der Waals surface area contributed by atoms with Crippen molar-refractivity contribution in [3.8, 4) is 0 Å². The van der Waals surface area contributed by atoms with Gasteiger partial charge in [-0.05, 0) is 6.07 Å². The number of nitrogens with two attached hydrogens (primary N) is 1. The molecule has 0 amide bonds. The van der Waals surface area contributed by atoms with E-state index in [2.05, 4.69) is 0 Å². The molecule has 8 heteroatoms. The molecule has 1 aromatic rings. The van der Waals surface area contributed by atoms with E-state index in [1.165, 1.54) is 17.1 Å². The third kappa shape index (κ3) is 2.15. The van der Waals surface area contributed by atoms with E-state index in [9.17, 15) is 10.1 Å². The second kappa shape index (κ2) is 4.59. The van der Waals surface area contributed by atoms with Gasteiger partial charge in [0.1, 0.15) is 0 Å². The lowest BCUT2D eigenvalue weighted by Gasteiger charge is -2.08. The fourth-order valence-electron chi connectivity index (χ4n) is 1.17. The highest BCUT2D eigenvalue weighted by atomic mass is 32.2. The molecule has 0 spiro atoms. The molecule has 7 nitrogen and oxygen atoms in total. The van der Waals surface area contributed by atoms with Crippen molar-refractivity contribution < 1.29 is 4.92 Å². The Bertz CT molecular complexity index is 408. The summed E-state index contributed by atoms with van der Waals surface area (Å²) in [5.74, 6) is 6.25. The molecular formula is C7H7N5O2S. The molecule has 0 unspecified atom stereocenters.